The van der Waals surface area contributed by atoms with E-state index >= 15 is 0 Å². The van der Waals surface area contributed by atoms with Gasteiger partial charge in [0.15, 0.2) is 11.5 Å². The molecule has 0 spiro atoms. The Morgan fingerprint density at radius 2 is 1.74 bits per heavy atom. The SMILES string of the molecule is COc1cc2c(cc1OC)C(c1ccc(Cl)c(Cl)c1)CC(=O)N2. The number of ether oxygens (including phenoxy) is 2. The zero-order chi connectivity index (χ0) is 16.6. The molecule has 2 aromatic rings. The van der Waals surface area contributed by atoms with Gasteiger partial charge in [-0.05, 0) is 29.3 Å². The molecule has 6 heteroatoms. The van der Waals surface area contributed by atoms with E-state index < -0.39 is 0 Å². The predicted molar refractivity (Wildman–Crippen MR) is 91.1 cm³/mol. The molecule has 0 saturated heterocycles. The summed E-state index contributed by atoms with van der Waals surface area (Å²) < 4.78 is 10.7. The first-order chi connectivity index (χ1) is 11.0. The lowest BCUT2D eigenvalue weighted by Gasteiger charge is -2.27. The van der Waals surface area contributed by atoms with Crippen molar-refractivity contribution in [3.8, 4) is 11.5 Å². The topological polar surface area (TPSA) is 47.6 Å². The third-order valence-corrected chi connectivity index (χ3v) is 4.68. The number of carbonyl (C=O) groups excluding carboxylic acids is 1. The Kier molecular flexibility index (Phi) is 4.37. The van der Waals surface area contributed by atoms with E-state index in [1.54, 1.807) is 32.4 Å². The lowest BCUT2D eigenvalue weighted by molar-refractivity contribution is -0.116. The number of fused-ring (bicyclic) bond motifs is 1. The largest absolute Gasteiger partial charge is 0.493 e. The Bertz CT molecular complexity index is 777. The number of rotatable bonds is 3. The number of anilines is 1. The first-order valence-corrected chi connectivity index (χ1v) is 7.79. The summed E-state index contributed by atoms with van der Waals surface area (Å²) in [7, 11) is 3.14. The molecule has 2 aromatic carbocycles. The quantitative estimate of drug-likeness (QED) is 0.886. The highest BCUT2D eigenvalue weighted by atomic mass is 35.5. The molecule has 1 heterocycles. The van der Waals surface area contributed by atoms with Crippen LogP contribution in [0.3, 0.4) is 0 Å². The molecule has 0 aromatic heterocycles. The molecule has 0 radical (unpaired) electrons. The van der Waals surface area contributed by atoms with Crippen molar-refractivity contribution in [3.63, 3.8) is 0 Å². The second kappa shape index (κ2) is 6.30. The van der Waals surface area contributed by atoms with Gasteiger partial charge in [-0.25, -0.2) is 0 Å². The molecule has 0 fully saturated rings. The van der Waals surface area contributed by atoms with Gasteiger partial charge in [-0.1, -0.05) is 29.3 Å². The van der Waals surface area contributed by atoms with Crippen LogP contribution in [-0.4, -0.2) is 20.1 Å². The minimum absolute atomic E-state index is 0.0548. The second-order valence-electron chi connectivity index (χ2n) is 5.27. The number of amides is 1. The summed E-state index contributed by atoms with van der Waals surface area (Å²) in [5.41, 5.74) is 2.61. The molecule has 1 N–H and O–H groups in total. The Labute approximate surface area is 144 Å². The summed E-state index contributed by atoms with van der Waals surface area (Å²) in [6, 6.07) is 9.09. The smallest absolute Gasteiger partial charge is 0.225 e. The van der Waals surface area contributed by atoms with E-state index in [0.29, 0.717) is 28.0 Å². The Morgan fingerprint density at radius 1 is 1.04 bits per heavy atom. The third-order valence-electron chi connectivity index (χ3n) is 3.94. The fourth-order valence-electron chi connectivity index (χ4n) is 2.81. The monoisotopic (exact) mass is 351 g/mol. The lowest BCUT2D eigenvalue weighted by atomic mass is 9.84. The molecule has 1 amide bonds. The van der Waals surface area contributed by atoms with Gasteiger partial charge in [0.2, 0.25) is 5.91 Å². The number of methoxy groups -OCH3 is 2. The fourth-order valence-corrected chi connectivity index (χ4v) is 3.12. The van der Waals surface area contributed by atoms with E-state index in [9.17, 15) is 4.79 Å². The predicted octanol–water partition coefficient (Wildman–Crippen LogP) is 4.48. The van der Waals surface area contributed by atoms with Gasteiger partial charge in [0, 0.05) is 24.1 Å². The van der Waals surface area contributed by atoms with Crippen LogP contribution in [0.1, 0.15) is 23.5 Å². The molecule has 4 nitrogen and oxygen atoms in total. The van der Waals surface area contributed by atoms with Gasteiger partial charge in [0.25, 0.3) is 0 Å². The lowest BCUT2D eigenvalue weighted by Crippen LogP contribution is -2.23. The van der Waals surface area contributed by atoms with Gasteiger partial charge in [-0.2, -0.15) is 0 Å². The third kappa shape index (κ3) is 2.96. The normalized spacial score (nSPS) is 16.5. The van der Waals surface area contributed by atoms with Crippen molar-refractivity contribution < 1.29 is 14.3 Å². The Balaban J connectivity index is 2.13. The van der Waals surface area contributed by atoms with Crippen LogP contribution >= 0.6 is 23.2 Å². The van der Waals surface area contributed by atoms with Crippen molar-refractivity contribution in [1.29, 1.82) is 0 Å². The van der Waals surface area contributed by atoms with Crippen molar-refractivity contribution in [3.05, 3.63) is 51.5 Å². The summed E-state index contributed by atoms with van der Waals surface area (Å²) in [5.74, 6) is 1.02. The number of benzene rings is 2. The average molecular weight is 352 g/mol. The van der Waals surface area contributed by atoms with E-state index in [2.05, 4.69) is 5.32 Å². The maximum absolute atomic E-state index is 12.1. The van der Waals surface area contributed by atoms with E-state index in [1.807, 2.05) is 12.1 Å². The van der Waals surface area contributed by atoms with Crippen LogP contribution in [0.2, 0.25) is 10.0 Å². The van der Waals surface area contributed by atoms with Crippen LogP contribution in [0.15, 0.2) is 30.3 Å². The maximum atomic E-state index is 12.1. The van der Waals surface area contributed by atoms with E-state index in [0.717, 1.165) is 16.8 Å². The molecule has 0 saturated carbocycles. The number of halogens is 2. The minimum Gasteiger partial charge on any atom is -0.493 e. The molecule has 0 bridgehead atoms. The number of hydrogen-bond acceptors (Lipinski definition) is 3. The van der Waals surface area contributed by atoms with Gasteiger partial charge in [0.05, 0.1) is 24.3 Å². The zero-order valence-electron chi connectivity index (χ0n) is 12.7. The van der Waals surface area contributed by atoms with Crippen molar-refractivity contribution in [2.45, 2.75) is 12.3 Å². The van der Waals surface area contributed by atoms with E-state index in [4.69, 9.17) is 32.7 Å². The summed E-state index contributed by atoms with van der Waals surface area (Å²) >= 11 is 12.1. The molecule has 0 aliphatic carbocycles. The molecular formula is C17H15Cl2NO3. The highest BCUT2D eigenvalue weighted by Gasteiger charge is 2.28. The number of nitrogens with one attached hydrogen (secondary N) is 1. The summed E-state index contributed by atoms with van der Waals surface area (Å²) in [4.78, 5) is 12.1. The number of hydrogen-bond donors (Lipinski definition) is 1. The molecule has 1 aliphatic heterocycles. The van der Waals surface area contributed by atoms with Gasteiger partial charge in [-0.15, -0.1) is 0 Å². The average Bonchev–Trinajstić information content (AvgIpc) is 2.55. The van der Waals surface area contributed by atoms with Gasteiger partial charge in [0.1, 0.15) is 0 Å². The van der Waals surface area contributed by atoms with Gasteiger partial charge >= 0.3 is 0 Å². The van der Waals surface area contributed by atoms with Crippen molar-refractivity contribution in [2.24, 2.45) is 0 Å². The van der Waals surface area contributed by atoms with Crippen LogP contribution in [-0.2, 0) is 4.79 Å². The second-order valence-corrected chi connectivity index (χ2v) is 6.09. The summed E-state index contributed by atoms with van der Waals surface area (Å²) in [6.07, 6.45) is 0.334. The van der Waals surface area contributed by atoms with Crippen molar-refractivity contribution >= 4 is 34.8 Å². The molecule has 120 valence electrons. The molecule has 23 heavy (non-hydrogen) atoms. The van der Waals surface area contributed by atoms with Crippen molar-refractivity contribution in [2.75, 3.05) is 19.5 Å². The summed E-state index contributed by atoms with van der Waals surface area (Å²) in [6.45, 7) is 0. The highest BCUT2D eigenvalue weighted by Crippen LogP contribution is 2.43. The Hall–Kier alpha value is -1.91. The minimum atomic E-state index is -0.117. The van der Waals surface area contributed by atoms with Gasteiger partial charge in [-0.3, -0.25) is 4.79 Å². The van der Waals surface area contributed by atoms with Crippen LogP contribution < -0.4 is 14.8 Å². The Morgan fingerprint density at radius 3 is 2.39 bits per heavy atom. The zero-order valence-corrected chi connectivity index (χ0v) is 14.2. The number of carbonyl (C=O) groups is 1. The molecule has 1 unspecified atom stereocenters. The molecular weight excluding hydrogens is 337 g/mol. The highest BCUT2D eigenvalue weighted by molar-refractivity contribution is 6.42. The summed E-state index contributed by atoms with van der Waals surface area (Å²) in [5, 5.41) is 3.84. The van der Waals surface area contributed by atoms with Crippen LogP contribution in [0.25, 0.3) is 0 Å². The van der Waals surface area contributed by atoms with E-state index in [-0.39, 0.29) is 11.8 Å². The molecule has 1 aliphatic rings. The first kappa shape index (κ1) is 16.0. The fraction of sp³-hybridized carbons (Fsp3) is 0.235. The first-order valence-electron chi connectivity index (χ1n) is 7.04. The van der Waals surface area contributed by atoms with Crippen molar-refractivity contribution in [1.82, 2.24) is 0 Å². The van der Waals surface area contributed by atoms with E-state index in [1.165, 1.54) is 0 Å². The van der Waals surface area contributed by atoms with Crippen LogP contribution in [0, 0.1) is 0 Å². The molecule has 1 atom stereocenters. The standard InChI is InChI=1S/C17H15Cl2NO3/c1-22-15-6-11-10(9-3-4-12(18)13(19)5-9)7-17(21)20-14(11)8-16(15)23-2/h3-6,8,10H,7H2,1-2H3,(H,20,21). The maximum Gasteiger partial charge on any atom is 0.225 e. The van der Waals surface area contributed by atoms with Gasteiger partial charge < -0.3 is 14.8 Å². The van der Waals surface area contributed by atoms with Crippen LogP contribution in [0.5, 0.6) is 11.5 Å². The molecule has 3 rings (SSSR count). The van der Waals surface area contributed by atoms with Crippen LogP contribution in [0.4, 0.5) is 5.69 Å².